The zero-order valence-corrected chi connectivity index (χ0v) is 13.7. The molecule has 0 aromatic rings. The number of aliphatic carboxylic acids is 1. The predicted octanol–water partition coefficient (Wildman–Crippen LogP) is -0.131. The average molecular weight is 321 g/mol. The number of urea groups is 1. The van der Waals surface area contributed by atoms with Crippen LogP contribution in [0.1, 0.15) is 20.8 Å². The van der Waals surface area contributed by atoms with Crippen LogP contribution in [0.2, 0.25) is 0 Å². The molecule has 8 nitrogen and oxygen atoms in total. The lowest BCUT2D eigenvalue weighted by Gasteiger charge is -2.41. The van der Waals surface area contributed by atoms with Gasteiger partial charge in [-0.15, -0.1) is 0 Å². The van der Waals surface area contributed by atoms with Gasteiger partial charge in [0.05, 0.1) is 6.26 Å². The first-order valence-corrected chi connectivity index (χ1v) is 8.51. The minimum atomic E-state index is -3.26. The van der Waals surface area contributed by atoms with Gasteiger partial charge in [0.25, 0.3) is 0 Å². The summed E-state index contributed by atoms with van der Waals surface area (Å²) in [5, 5.41) is 8.94. The molecule has 2 amide bonds. The maximum absolute atomic E-state index is 12.5. The van der Waals surface area contributed by atoms with E-state index in [1.54, 1.807) is 20.8 Å². The lowest BCUT2D eigenvalue weighted by molar-refractivity contribution is -0.138. The fourth-order valence-corrected chi connectivity index (χ4v) is 2.94. The van der Waals surface area contributed by atoms with Gasteiger partial charge in [-0.25, -0.2) is 13.2 Å². The Bertz CT molecular complexity index is 503. The molecule has 0 unspecified atom stereocenters. The highest BCUT2D eigenvalue weighted by Crippen LogP contribution is 2.17. The second kappa shape index (κ2) is 6.18. The molecule has 0 aromatic carbocycles. The maximum atomic E-state index is 12.5. The molecule has 0 saturated carbocycles. The van der Waals surface area contributed by atoms with Crippen LogP contribution in [0.25, 0.3) is 0 Å². The summed E-state index contributed by atoms with van der Waals surface area (Å²) in [7, 11) is -3.26. The fraction of sp³-hybridized carbons (Fsp3) is 0.833. The lowest BCUT2D eigenvalue weighted by Crippen LogP contribution is -2.58. The minimum Gasteiger partial charge on any atom is -0.480 e. The zero-order chi connectivity index (χ0) is 16.4. The molecule has 0 atom stereocenters. The topological polar surface area (TPSA) is 98.2 Å². The van der Waals surface area contributed by atoms with Gasteiger partial charge < -0.3 is 14.9 Å². The van der Waals surface area contributed by atoms with Gasteiger partial charge in [0.2, 0.25) is 10.0 Å². The summed E-state index contributed by atoms with van der Waals surface area (Å²) in [6, 6.07) is -0.377. The molecule has 0 spiro atoms. The molecule has 0 aliphatic carbocycles. The van der Waals surface area contributed by atoms with Gasteiger partial charge in [-0.1, -0.05) is 0 Å². The molecule has 1 saturated heterocycles. The van der Waals surface area contributed by atoms with E-state index in [4.69, 9.17) is 5.11 Å². The first-order chi connectivity index (χ1) is 9.43. The molecule has 1 aliphatic heterocycles. The van der Waals surface area contributed by atoms with Crippen LogP contribution in [-0.2, 0) is 14.8 Å². The Balaban J connectivity index is 2.77. The number of rotatable bonds is 3. The Hall–Kier alpha value is -1.35. The van der Waals surface area contributed by atoms with Crippen LogP contribution in [0.3, 0.4) is 0 Å². The van der Waals surface area contributed by atoms with Crippen LogP contribution in [0.15, 0.2) is 0 Å². The summed E-state index contributed by atoms with van der Waals surface area (Å²) < 4.78 is 24.2. The Morgan fingerprint density at radius 1 is 1.14 bits per heavy atom. The Morgan fingerprint density at radius 3 is 1.95 bits per heavy atom. The minimum absolute atomic E-state index is 0.232. The molecule has 1 fully saturated rings. The number of carboxylic acid groups (broad SMARTS) is 1. The van der Waals surface area contributed by atoms with Crippen molar-refractivity contribution in [2.45, 2.75) is 26.3 Å². The molecule has 1 aliphatic rings. The van der Waals surface area contributed by atoms with E-state index in [1.807, 2.05) is 0 Å². The molecular formula is C12H23N3O5S. The maximum Gasteiger partial charge on any atom is 0.323 e. The first kappa shape index (κ1) is 17.7. The molecular weight excluding hydrogens is 298 g/mol. The van der Waals surface area contributed by atoms with E-state index in [0.717, 1.165) is 6.26 Å². The number of hydrogen-bond acceptors (Lipinski definition) is 4. The van der Waals surface area contributed by atoms with Crippen LogP contribution in [-0.4, -0.2) is 84.1 Å². The van der Waals surface area contributed by atoms with Gasteiger partial charge in [0.1, 0.15) is 6.54 Å². The molecule has 9 heteroatoms. The summed E-state index contributed by atoms with van der Waals surface area (Å²) in [5.41, 5.74) is -0.622. The van der Waals surface area contributed by atoms with Crippen LogP contribution in [0.5, 0.6) is 0 Å². The van der Waals surface area contributed by atoms with Gasteiger partial charge in [-0.05, 0) is 20.8 Å². The van der Waals surface area contributed by atoms with E-state index >= 15 is 0 Å². The van der Waals surface area contributed by atoms with Crippen molar-refractivity contribution in [2.24, 2.45) is 0 Å². The van der Waals surface area contributed by atoms with E-state index in [0.29, 0.717) is 0 Å². The van der Waals surface area contributed by atoms with E-state index in [1.165, 1.54) is 14.1 Å². The Morgan fingerprint density at radius 2 is 1.62 bits per heavy atom. The number of carboxylic acids is 1. The van der Waals surface area contributed by atoms with Crippen LogP contribution < -0.4 is 0 Å². The van der Waals surface area contributed by atoms with Crippen LogP contribution in [0.4, 0.5) is 4.79 Å². The molecule has 122 valence electrons. The van der Waals surface area contributed by atoms with Crippen molar-refractivity contribution in [3.8, 4) is 0 Å². The molecule has 0 bridgehead atoms. The normalized spacial score (nSPS) is 17.6. The van der Waals surface area contributed by atoms with Gasteiger partial charge in [0.15, 0.2) is 0 Å². The molecule has 0 radical (unpaired) electrons. The highest BCUT2D eigenvalue weighted by atomic mass is 32.2. The Labute approximate surface area is 125 Å². The molecule has 1 N–H and O–H groups in total. The number of amides is 2. The van der Waals surface area contributed by atoms with Crippen molar-refractivity contribution < 1.29 is 23.1 Å². The van der Waals surface area contributed by atoms with Crippen molar-refractivity contribution >= 4 is 22.0 Å². The second-order valence-electron chi connectivity index (χ2n) is 6.08. The average Bonchev–Trinajstić information content (AvgIpc) is 2.33. The van der Waals surface area contributed by atoms with E-state index in [9.17, 15) is 18.0 Å². The smallest absolute Gasteiger partial charge is 0.323 e. The number of sulfonamides is 1. The molecule has 21 heavy (non-hydrogen) atoms. The number of carbonyl (C=O) groups is 2. The number of carbonyl (C=O) groups excluding carboxylic acids is 1. The van der Waals surface area contributed by atoms with Crippen LogP contribution in [0, 0.1) is 0 Å². The quantitative estimate of drug-likeness (QED) is 0.781. The summed E-state index contributed by atoms with van der Waals surface area (Å²) in [6.07, 6.45) is 1.14. The molecule has 1 rings (SSSR count). The largest absolute Gasteiger partial charge is 0.480 e. The Kier molecular flexibility index (Phi) is 5.21. The van der Waals surface area contributed by atoms with Gasteiger partial charge in [-0.3, -0.25) is 4.79 Å². The third kappa shape index (κ3) is 4.85. The van der Waals surface area contributed by atoms with Crippen molar-refractivity contribution in [3.05, 3.63) is 0 Å². The standard InChI is InChI=1S/C12H23N3O5S/c1-12(2,3)15(9-10(16)17)11(18)13-5-7-14(8-6-13)21(4,19)20/h5-9H2,1-4H3,(H,16,17). The first-order valence-electron chi connectivity index (χ1n) is 6.66. The van der Waals surface area contributed by atoms with Crippen LogP contribution >= 0.6 is 0 Å². The van der Waals surface area contributed by atoms with E-state index in [-0.39, 0.29) is 38.8 Å². The number of hydrogen-bond donors (Lipinski definition) is 1. The molecule has 1 heterocycles. The van der Waals surface area contributed by atoms with Crippen molar-refractivity contribution in [1.82, 2.24) is 14.1 Å². The fourth-order valence-electron chi connectivity index (χ4n) is 2.11. The highest BCUT2D eigenvalue weighted by molar-refractivity contribution is 7.88. The monoisotopic (exact) mass is 321 g/mol. The SMILES string of the molecule is CC(C)(C)N(CC(=O)O)C(=O)N1CCN(S(C)(=O)=O)CC1. The number of nitrogens with zero attached hydrogens (tertiary/aromatic N) is 3. The lowest BCUT2D eigenvalue weighted by atomic mass is 10.1. The van der Waals surface area contributed by atoms with Crippen molar-refractivity contribution in [3.63, 3.8) is 0 Å². The highest BCUT2D eigenvalue weighted by Gasteiger charge is 2.34. The number of piperazine rings is 1. The van der Waals surface area contributed by atoms with Crippen molar-refractivity contribution in [2.75, 3.05) is 39.0 Å². The third-order valence-electron chi connectivity index (χ3n) is 3.31. The third-order valence-corrected chi connectivity index (χ3v) is 4.62. The second-order valence-corrected chi connectivity index (χ2v) is 8.06. The van der Waals surface area contributed by atoms with E-state index < -0.39 is 21.5 Å². The predicted molar refractivity (Wildman–Crippen MR) is 77.5 cm³/mol. The molecule has 0 aromatic heterocycles. The van der Waals surface area contributed by atoms with E-state index in [2.05, 4.69) is 0 Å². The van der Waals surface area contributed by atoms with Gasteiger partial charge in [-0.2, -0.15) is 4.31 Å². The van der Waals surface area contributed by atoms with Gasteiger partial charge in [0, 0.05) is 31.7 Å². The van der Waals surface area contributed by atoms with Crippen molar-refractivity contribution in [1.29, 1.82) is 0 Å². The summed E-state index contributed by atoms with van der Waals surface area (Å²) >= 11 is 0. The zero-order valence-electron chi connectivity index (χ0n) is 12.9. The summed E-state index contributed by atoms with van der Waals surface area (Å²) in [6.45, 7) is 5.90. The summed E-state index contributed by atoms with van der Waals surface area (Å²) in [5.74, 6) is -1.08. The summed E-state index contributed by atoms with van der Waals surface area (Å²) in [4.78, 5) is 26.2. The van der Waals surface area contributed by atoms with Gasteiger partial charge >= 0.3 is 12.0 Å².